The van der Waals surface area contributed by atoms with Crippen molar-refractivity contribution in [2.24, 2.45) is 0 Å². The second-order valence-corrected chi connectivity index (χ2v) is 6.12. The molecule has 27 heavy (non-hydrogen) atoms. The Kier molecular flexibility index (Phi) is 5.93. The average Bonchev–Trinajstić information content (AvgIpc) is 3.16. The quantitative estimate of drug-likeness (QED) is 0.639. The van der Waals surface area contributed by atoms with Crippen LogP contribution in [0.4, 0.5) is 15.8 Å². The maximum atomic E-state index is 14.2. The lowest BCUT2D eigenvalue weighted by Gasteiger charge is -2.12. The van der Waals surface area contributed by atoms with Crippen LogP contribution < -0.4 is 15.4 Å². The molecular weight excluding hydrogens is 371 g/mol. The minimum atomic E-state index is -0.474. The van der Waals surface area contributed by atoms with Crippen LogP contribution in [0.3, 0.4) is 0 Å². The molecule has 0 atom stereocenters. The summed E-state index contributed by atoms with van der Waals surface area (Å²) in [4.78, 5) is 12.1. The molecule has 0 radical (unpaired) electrons. The van der Waals surface area contributed by atoms with E-state index in [1.165, 1.54) is 10.7 Å². The Hall–Kier alpha value is -3.06. The average molecular weight is 389 g/mol. The van der Waals surface area contributed by atoms with E-state index in [0.29, 0.717) is 34.4 Å². The van der Waals surface area contributed by atoms with E-state index >= 15 is 0 Å². The van der Waals surface area contributed by atoms with Gasteiger partial charge in [-0.15, -0.1) is 0 Å². The number of aromatic nitrogens is 2. The number of anilines is 2. The molecule has 1 aromatic heterocycles. The number of methoxy groups -OCH3 is 1. The molecule has 0 saturated heterocycles. The highest BCUT2D eigenvalue weighted by atomic mass is 35.5. The maximum Gasteiger partial charge on any atom is 0.226 e. The number of rotatable bonds is 7. The summed E-state index contributed by atoms with van der Waals surface area (Å²) in [6.45, 7) is 0.371. The molecule has 2 aromatic carbocycles. The zero-order chi connectivity index (χ0) is 19.2. The van der Waals surface area contributed by atoms with Crippen molar-refractivity contribution in [3.8, 4) is 11.4 Å². The third-order valence-corrected chi connectivity index (χ3v) is 4.05. The minimum Gasteiger partial charge on any atom is -0.495 e. The normalized spacial score (nSPS) is 10.5. The number of amides is 1. The van der Waals surface area contributed by atoms with Crippen LogP contribution in [-0.2, 0) is 4.79 Å². The number of ether oxygens (including phenoxy) is 1. The number of hydrogen-bond donors (Lipinski definition) is 2. The lowest BCUT2D eigenvalue weighted by atomic mass is 10.2. The fraction of sp³-hybridized carbons (Fsp3) is 0.158. The van der Waals surface area contributed by atoms with Crippen molar-refractivity contribution in [3.63, 3.8) is 0 Å². The van der Waals surface area contributed by atoms with E-state index in [1.807, 2.05) is 0 Å². The Morgan fingerprint density at radius 2 is 2.15 bits per heavy atom. The van der Waals surface area contributed by atoms with Gasteiger partial charge in [0.15, 0.2) is 5.82 Å². The molecule has 0 bridgehead atoms. The minimum absolute atomic E-state index is 0.193. The molecule has 8 heteroatoms. The van der Waals surface area contributed by atoms with Crippen LogP contribution in [0.25, 0.3) is 5.69 Å². The van der Waals surface area contributed by atoms with Gasteiger partial charge in [0.2, 0.25) is 5.91 Å². The van der Waals surface area contributed by atoms with E-state index in [2.05, 4.69) is 15.7 Å². The second-order valence-electron chi connectivity index (χ2n) is 5.69. The van der Waals surface area contributed by atoms with Gasteiger partial charge in [0.25, 0.3) is 0 Å². The molecule has 0 saturated carbocycles. The molecule has 3 aromatic rings. The lowest BCUT2D eigenvalue weighted by molar-refractivity contribution is -0.115. The molecule has 0 aliphatic carbocycles. The van der Waals surface area contributed by atoms with E-state index in [0.717, 1.165) is 0 Å². The Balaban J connectivity index is 1.55. The van der Waals surface area contributed by atoms with E-state index in [9.17, 15) is 9.18 Å². The van der Waals surface area contributed by atoms with Gasteiger partial charge in [-0.3, -0.25) is 4.79 Å². The number of nitrogens with one attached hydrogen (secondary N) is 2. The summed E-state index contributed by atoms with van der Waals surface area (Å²) < 4.78 is 20.9. The number of halogens is 2. The smallest absolute Gasteiger partial charge is 0.226 e. The Labute approximate surface area is 160 Å². The molecule has 6 nitrogen and oxygen atoms in total. The van der Waals surface area contributed by atoms with E-state index in [4.69, 9.17) is 16.3 Å². The maximum absolute atomic E-state index is 14.2. The van der Waals surface area contributed by atoms with Crippen LogP contribution in [0.1, 0.15) is 6.42 Å². The van der Waals surface area contributed by atoms with Gasteiger partial charge in [0.05, 0.1) is 12.8 Å². The predicted octanol–water partition coefficient (Wildman–Crippen LogP) is 4.11. The van der Waals surface area contributed by atoms with Crippen molar-refractivity contribution >= 4 is 28.9 Å². The summed E-state index contributed by atoms with van der Waals surface area (Å²) in [5.41, 5.74) is 1.40. The zero-order valence-corrected chi connectivity index (χ0v) is 15.3. The molecule has 0 aliphatic rings. The summed E-state index contributed by atoms with van der Waals surface area (Å²) >= 11 is 5.97. The van der Waals surface area contributed by atoms with Crippen LogP contribution in [0, 0.1) is 5.82 Å². The molecule has 2 N–H and O–H groups in total. The fourth-order valence-corrected chi connectivity index (χ4v) is 2.71. The van der Waals surface area contributed by atoms with Gasteiger partial charge in [-0.1, -0.05) is 11.6 Å². The Morgan fingerprint density at radius 3 is 2.85 bits per heavy atom. The summed E-state index contributed by atoms with van der Waals surface area (Å²) in [5, 5.41) is 10.3. The van der Waals surface area contributed by atoms with E-state index in [-0.39, 0.29) is 12.3 Å². The summed E-state index contributed by atoms with van der Waals surface area (Å²) in [6, 6.07) is 11.4. The SMILES string of the molecule is COc1ccc(Cl)cc1NCCC(=O)Nc1ccc(-n2cccn2)c(F)c1. The standard InChI is InChI=1S/C19H18ClFN4O2/c1-27-18-6-3-13(20)11-16(18)22-9-7-19(26)24-14-4-5-17(15(21)12-14)25-10-2-8-23-25/h2-6,8,10-12,22H,7,9H2,1H3,(H,24,26). The first kappa shape index (κ1) is 18.7. The first-order chi connectivity index (χ1) is 13.1. The molecule has 0 aliphatic heterocycles. The van der Waals surface area contributed by atoms with Crippen molar-refractivity contribution in [1.29, 1.82) is 0 Å². The molecule has 1 heterocycles. The van der Waals surface area contributed by atoms with Crippen molar-refractivity contribution in [3.05, 3.63) is 65.7 Å². The van der Waals surface area contributed by atoms with Gasteiger partial charge in [0, 0.05) is 36.1 Å². The largest absolute Gasteiger partial charge is 0.495 e. The first-order valence-corrected chi connectivity index (χ1v) is 8.61. The lowest BCUT2D eigenvalue weighted by Crippen LogP contribution is -2.16. The van der Waals surface area contributed by atoms with E-state index in [1.54, 1.807) is 55.9 Å². The topological polar surface area (TPSA) is 68.2 Å². The highest BCUT2D eigenvalue weighted by molar-refractivity contribution is 6.30. The van der Waals surface area contributed by atoms with Gasteiger partial charge in [-0.25, -0.2) is 9.07 Å². The molecule has 3 rings (SSSR count). The summed E-state index contributed by atoms with van der Waals surface area (Å²) in [7, 11) is 1.56. The first-order valence-electron chi connectivity index (χ1n) is 8.23. The second kappa shape index (κ2) is 8.55. The number of hydrogen-bond acceptors (Lipinski definition) is 4. The van der Waals surface area contributed by atoms with Crippen molar-refractivity contribution in [2.45, 2.75) is 6.42 Å². The van der Waals surface area contributed by atoms with E-state index < -0.39 is 5.82 Å². The van der Waals surface area contributed by atoms with Crippen molar-refractivity contribution in [1.82, 2.24) is 9.78 Å². The van der Waals surface area contributed by atoms with Gasteiger partial charge in [-0.05, 0) is 42.5 Å². The summed E-state index contributed by atoms with van der Waals surface area (Å²) in [6.07, 6.45) is 3.40. The Morgan fingerprint density at radius 1 is 1.30 bits per heavy atom. The molecule has 0 unspecified atom stereocenters. The number of benzene rings is 2. The van der Waals surface area contributed by atoms with Crippen LogP contribution >= 0.6 is 11.6 Å². The van der Waals surface area contributed by atoms with Crippen LogP contribution in [0.2, 0.25) is 5.02 Å². The molecular formula is C19H18ClFN4O2. The van der Waals surface area contributed by atoms with Gasteiger partial charge in [0.1, 0.15) is 11.4 Å². The highest BCUT2D eigenvalue weighted by Gasteiger charge is 2.09. The molecule has 0 spiro atoms. The summed E-state index contributed by atoms with van der Waals surface area (Å²) in [5.74, 6) is -0.0795. The fourth-order valence-electron chi connectivity index (χ4n) is 2.53. The van der Waals surface area contributed by atoms with Gasteiger partial charge >= 0.3 is 0 Å². The number of nitrogens with zero attached hydrogens (tertiary/aromatic N) is 2. The van der Waals surface area contributed by atoms with Crippen LogP contribution in [0.15, 0.2) is 54.9 Å². The van der Waals surface area contributed by atoms with Crippen LogP contribution in [0.5, 0.6) is 5.75 Å². The molecule has 1 amide bonds. The number of carbonyl (C=O) groups excluding carboxylic acids is 1. The third-order valence-electron chi connectivity index (χ3n) is 3.81. The monoisotopic (exact) mass is 388 g/mol. The third kappa shape index (κ3) is 4.77. The molecule has 140 valence electrons. The zero-order valence-electron chi connectivity index (χ0n) is 14.6. The van der Waals surface area contributed by atoms with Gasteiger partial charge < -0.3 is 15.4 Å². The molecule has 0 fully saturated rings. The Bertz CT molecular complexity index is 931. The van der Waals surface area contributed by atoms with Gasteiger partial charge in [-0.2, -0.15) is 5.10 Å². The van der Waals surface area contributed by atoms with Crippen molar-refractivity contribution < 1.29 is 13.9 Å². The predicted molar refractivity (Wildman–Crippen MR) is 103 cm³/mol. The van der Waals surface area contributed by atoms with Crippen molar-refractivity contribution in [2.75, 3.05) is 24.3 Å². The van der Waals surface area contributed by atoms with Crippen LogP contribution in [-0.4, -0.2) is 29.3 Å². The highest BCUT2D eigenvalue weighted by Crippen LogP contribution is 2.27. The number of carbonyl (C=O) groups is 1.